The van der Waals surface area contributed by atoms with E-state index in [4.69, 9.17) is 15.1 Å². The van der Waals surface area contributed by atoms with Crippen LogP contribution in [0.3, 0.4) is 0 Å². The summed E-state index contributed by atoms with van der Waals surface area (Å²) in [5.41, 5.74) is -0.861. The largest absolute Gasteiger partial charge is 0.475 e. The SMILES string of the molecule is CC(C#N)Oc1ccc(CO)cc1C(F)(F)F. The van der Waals surface area contributed by atoms with Crippen LogP contribution in [0.1, 0.15) is 18.1 Å². The fourth-order valence-corrected chi connectivity index (χ4v) is 1.22. The van der Waals surface area contributed by atoms with E-state index in [0.717, 1.165) is 12.1 Å². The Balaban J connectivity index is 3.17. The number of benzene rings is 1. The summed E-state index contributed by atoms with van der Waals surface area (Å²) in [6.45, 7) is 0.858. The minimum absolute atomic E-state index is 0.134. The van der Waals surface area contributed by atoms with Gasteiger partial charge >= 0.3 is 6.18 Å². The molecule has 0 saturated heterocycles. The Labute approximate surface area is 96.1 Å². The molecule has 3 nitrogen and oxygen atoms in total. The maximum absolute atomic E-state index is 12.7. The van der Waals surface area contributed by atoms with Gasteiger partial charge in [0.25, 0.3) is 0 Å². The van der Waals surface area contributed by atoms with E-state index in [1.54, 1.807) is 6.07 Å². The highest BCUT2D eigenvalue weighted by Gasteiger charge is 2.35. The average molecular weight is 245 g/mol. The molecule has 1 unspecified atom stereocenters. The van der Waals surface area contributed by atoms with Gasteiger partial charge in [0.15, 0.2) is 6.10 Å². The number of ether oxygens (including phenoxy) is 1. The topological polar surface area (TPSA) is 53.2 Å². The van der Waals surface area contributed by atoms with Crippen molar-refractivity contribution in [2.24, 2.45) is 0 Å². The highest BCUT2D eigenvalue weighted by Crippen LogP contribution is 2.37. The van der Waals surface area contributed by atoms with Crippen molar-refractivity contribution in [2.45, 2.75) is 25.8 Å². The lowest BCUT2D eigenvalue weighted by Gasteiger charge is -2.15. The number of nitrogens with zero attached hydrogens (tertiary/aromatic N) is 1. The molecule has 0 saturated carbocycles. The van der Waals surface area contributed by atoms with Gasteiger partial charge in [0.1, 0.15) is 11.8 Å². The van der Waals surface area contributed by atoms with Crippen LogP contribution in [0.15, 0.2) is 18.2 Å². The summed E-state index contributed by atoms with van der Waals surface area (Å²) in [6, 6.07) is 4.90. The van der Waals surface area contributed by atoms with Crippen LogP contribution in [0.5, 0.6) is 5.75 Å². The number of alkyl halides is 3. The molecule has 0 bridgehead atoms. The van der Waals surface area contributed by atoms with Crippen molar-refractivity contribution < 1.29 is 23.0 Å². The maximum Gasteiger partial charge on any atom is 0.419 e. The lowest BCUT2D eigenvalue weighted by molar-refractivity contribution is -0.139. The summed E-state index contributed by atoms with van der Waals surface area (Å²) >= 11 is 0. The van der Waals surface area contributed by atoms with Gasteiger partial charge in [0.2, 0.25) is 0 Å². The van der Waals surface area contributed by atoms with Crippen LogP contribution in [-0.4, -0.2) is 11.2 Å². The van der Waals surface area contributed by atoms with Crippen molar-refractivity contribution in [1.29, 1.82) is 5.26 Å². The first kappa shape index (κ1) is 13.3. The lowest BCUT2D eigenvalue weighted by Crippen LogP contribution is -2.14. The van der Waals surface area contributed by atoms with E-state index in [9.17, 15) is 13.2 Å². The van der Waals surface area contributed by atoms with Crippen molar-refractivity contribution in [3.63, 3.8) is 0 Å². The van der Waals surface area contributed by atoms with E-state index in [-0.39, 0.29) is 5.56 Å². The molecule has 0 aliphatic heterocycles. The van der Waals surface area contributed by atoms with Gasteiger partial charge in [-0.15, -0.1) is 0 Å². The van der Waals surface area contributed by atoms with E-state index in [2.05, 4.69) is 0 Å². The van der Waals surface area contributed by atoms with Crippen molar-refractivity contribution >= 4 is 0 Å². The minimum Gasteiger partial charge on any atom is -0.475 e. The van der Waals surface area contributed by atoms with Crippen LogP contribution < -0.4 is 4.74 Å². The standard InChI is InChI=1S/C11H10F3NO2/c1-7(5-15)17-10-3-2-8(6-16)4-9(10)11(12,13)14/h2-4,7,16H,6H2,1H3. The normalized spacial score (nSPS) is 12.9. The summed E-state index contributed by atoms with van der Waals surface area (Å²) in [5.74, 6) is -0.413. The van der Waals surface area contributed by atoms with Crippen LogP contribution in [0.2, 0.25) is 0 Å². The number of hydrogen-bond acceptors (Lipinski definition) is 3. The van der Waals surface area contributed by atoms with Crippen molar-refractivity contribution in [1.82, 2.24) is 0 Å². The van der Waals surface area contributed by atoms with Crippen LogP contribution in [0, 0.1) is 11.3 Å². The highest BCUT2D eigenvalue weighted by molar-refractivity contribution is 5.39. The number of aliphatic hydroxyl groups excluding tert-OH is 1. The van der Waals surface area contributed by atoms with E-state index in [1.807, 2.05) is 0 Å². The first-order chi connectivity index (χ1) is 7.88. The third kappa shape index (κ3) is 3.36. The molecule has 1 atom stereocenters. The number of halogens is 3. The first-order valence-electron chi connectivity index (χ1n) is 4.75. The zero-order valence-corrected chi connectivity index (χ0v) is 8.95. The van der Waals surface area contributed by atoms with E-state index >= 15 is 0 Å². The molecule has 0 aliphatic carbocycles. The number of aliphatic hydroxyl groups is 1. The fraction of sp³-hybridized carbons (Fsp3) is 0.364. The van der Waals surface area contributed by atoms with Gasteiger partial charge in [-0.3, -0.25) is 0 Å². The summed E-state index contributed by atoms with van der Waals surface area (Å²) in [4.78, 5) is 0. The summed E-state index contributed by atoms with van der Waals surface area (Å²) in [6.07, 6.45) is -5.56. The van der Waals surface area contributed by atoms with Gasteiger partial charge < -0.3 is 9.84 Å². The van der Waals surface area contributed by atoms with E-state index in [0.29, 0.717) is 0 Å². The predicted molar refractivity (Wildman–Crippen MR) is 53.1 cm³/mol. The zero-order valence-electron chi connectivity index (χ0n) is 8.95. The molecule has 1 aromatic rings. The smallest absolute Gasteiger partial charge is 0.419 e. The number of rotatable bonds is 3. The molecule has 0 amide bonds. The predicted octanol–water partition coefficient (Wildman–Crippen LogP) is 2.49. The van der Waals surface area contributed by atoms with Crippen LogP contribution >= 0.6 is 0 Å². The third-order valence-electron chi connectivity index (χ3n) is 2.02. The minimum atomic E-state index is -4.59. The van der Waals surface area contributed by atoms with Gasteiger partial charge in [-0.1, -0.05) is 6.07 Å². The second kappa shape index (κ2) is 5.06. The van der Waals surface area contributed by atoms with Crippen LogP contribution in [0.25, 0.3) is 0 Å². The monoisotopic (exact) mass is 245 g/mol. The van der Waals surface area contributed by atoms with Gasteiger partial charge in [-0.25, -0.2) is 0 Å². The zero-order chi connectivity index (χ0) is 13.1. The number of nitriles is 1. The van der Waals surface area contributed by atoms with Gasteiger partial charge in [-0.05, 0) is 24.6 Å². The Kier molecular flexibility index (Phi) is 3.97. The Bertz CT molecular complexity index is 437. The Morgan fingerprint density at radius 2 is 2.12 bits per heavy atom. The van der Waals surface area contributed by atoms with Crippen molar-refractivity contribution in [2.75, 3.05) is 0 Å². The molecule has 0 fully saturated rings. The number of hydrogen-bond donors (Lipinski definition) is 1. The van der Waals surface area contributed by atoms with Crippen molar-refractivity contribution in [3.8, 4) is 11.8 Å². The van der Waals surface area contributed by atoms with Gasteiger partial charge in [-0.2, -0.15) is 18.4 Å². The quantitative estimate of drug-likeness (QED) is 0.890. The molecule has 1 aromatic carbocycles. The summed E-state index contributed by atoms with van der Waals surface area (Å²) in [5, 5.41) is 17.3. The molecule has 0 aliphatic rings. The first-order valence-corrected chi connectivity index (χ1v) is 4.75. The fourth-order valence-electron chi connectivity index (χ4n) is 1.22. The van der Waals surface area contributed by atoms with E-state index < -0.39 is 30.2 Å². The third-order valence-corrected chi connectivity index (χ3v) is 2.02. The summed E-state index contributed by atoms with van der Waals surface area (Å²) in [7, 11) is 0. The Morgan fingerprint density at radius 3 is 2.59 bits per heavy atom. The molecule has 1 rings (SSSR count). The average Bonchev–Trinajstić information content (AvgIpc) is 2.28. The molecule has 0 heterocycles. The Hall–Kier alpha value is -1.74. The molecule has 6 heteroatoms. The second-order valence-electron chi connectivity index (χ2n) is 3.38. The molecule has 0 spiro atoms. The van der Waals surface area contributed by atoms with E-state index in [1.165, 1.54) is 13.0 Å². The molecule has 0 radical (unpaired) electrons. The van der Waals surface area contributed by atoms with Gasteiger partial charge in [0.05, 0.1) is 12.2 Å². The van der Waals surface area contributed by atoms with Gasteiger partial charge in [0, 0.05) is 0 Å². The lowest BCUT2D eigenvalue weighted by atomic mass is 10.1. The summed E-state index contributed by atoms with van der Waals surface area (Å²) < 4.78 is 42.9. The maximum atomic E-state index is 12.7. The molecular weight excluding hydrogens is 235 g/mol. The highest BCUT2D eigenvalue weighted by atomic mass is 19.4. The van der Waals surface area contributed by atoms with Crippen molar-refractivity contribution in [3.05, 3.63) is 29.3 Å². The second-order valence-corrected chi connectivity index (χ2v) is 3.38. The molecule has 1 N–H and O–H groups in total. The molecule has 0 aromatic heterocycles. The van der Waals surface area contributed by atoms with Crippen LogP contribution in [-0.2, 0) is 12.8 Å². The molecule has 17 heavy (non-hydrogen) atoms. The Morgan fingerprint density at radius 1 is 1.47 bits per heavy atom. The molecule has 92 valence electrons. The van der Waals surface area contributed by atoms with Crippen LogP contribution in [0.4, 0.5) is 13.2 Å². The molecular formula is C11H10F3NO2.